The Bertz CT molecular complexity index is 547. The molecule has 19 heavy (non-hydrogen) atoms. The summed E-state index contributed by atoms with van der Waals surface area (Å²) in [6.45, 7) is 0. The molecule has 0 amide bonds. The first-order chi connectivity index (χ1) is 9.10. The van der Waals surface area contributed by atoms with E-state index >= 15 is 0 Å². The maximum Gasteiger partial charge on any atom is 0.141 e. The summed E-state index contributed by atoms with van der Waals surface area (Å²) in [5.74, 6) is 0.728. The van der Waals surface area contributed by atoms with Gasteiger partial charge in [-0.2, -0.15) is 0 Å². The quantitative estimate of drug-likeness (QED) is 0.855. The Labute approximate surface area is 114 Å². The van der Waals surface area contributed by atoms with E-state index in [0.29, 0.717) is 5.69 Å². The molecule has 0 radical (unpaired) electrons. The molecule has 2 N–H and O–H groups in total. The van der Waals surface area contributed by atoms with Crippen molar-refractivity contribution in [2.24, 2.45) is 0 Å². The van der Waals surface area contributed by atoms with Gasteiger partial charge in [0.25, 0.3) is 0 Å². The summed E-state index contributed by atoms with van der Waals surface area (Å²) in [4.78, 5) is 2.09. The van der Waals surface area contributed by atoms with Gasteiger partial charge in [-0.15, -0.1) is 0 Å². The van der Waals surface area contributed by atoms with Crippen LogP contribution in [0.3, 0.4) is 0 Å². The molecule has 0 spiro atoms. The average Bonchev–Trinajstić information content (AvgIpc) is 2.39. The number of nitrogens with zero attached hydrogens (tertiary/aromatic N) is 1. The number of ether oxygens (including phenoxy) is 1. The summed E-state index contributed by atoms with van der Waals surface area (Å²) in [7, 11) is 5.71. The Morgan fingerprint density at radius 1 is 1.00 bits per heavy atom. The molecule has 0 heterocycles. The van der Waals surface area contributed by atoms with E-state index in [9.17, 15) is 0 Å². The second-order valence-electron chi connectivity index (χ2n) is 4.81. The first-order valence-corrected chi connectivity index (χ1v) is 6.29. The van der Waals surface area contributed by atoms with Crippen molar-refractivity contribution in [1.29, 1.82) is 0 Å². The molecule has 0 aliphatic carbocycles. The van der Waals surface area contributed by atoms with Crippen molar-refractivity contribution in [2.45, 2.75) is 6.42 Å². The zero-order valence-electron chi connectivity index (χ0n) is 11.7. The van der Waals surface area contributed by atoms with E-state index in [1.54, 1.807) is 7.11 Å². The Morgan fingerprint density at radius 3 is 2.16 bits per heavy atom. The predicted molar refractivity (Wildman–Crippen MR) is 81.0 cm³/mol. The van der Waals surface area contributed by atoms with Crippen LogP contribution in [-0.2, 0) is 6.42 Å². The Balaban J connectivity index is 2.14. The normalized spacial score (nSPS) is 10.3. The highest BCUT2D eigenvalue weighted by atomic mass is 16.5. The summed E-state index contributed by atoms with van der Waals surface area (Å²) in [5, 5.41) is 0. The molecular weight excluding hydrogens is 236 g/mol. The monoisotopic (exact) mass is 256 g/mol. The molecule has 0 unspecified atom stereocenters. The Morgan fingerprint density at radius 2 is 1.63 bits per heavy atom. The lowest BCUT2D eigenvalue weighted by atomic mass is 10.0. The molecule has 100 valence electrons. The fourth-order valence-corrected chi connectivity index (χ4v) is 2.04. The first kappa shape index (κ1) is 13.3. The SMILES string of the molecule is COc1ccc(Cc2ccc(N(C)C)cc2)cc1N. The number of nitrogen functional groups attached to an aromatic ring is 1. The second kappa shape index (κ2) is 5.65. The van der Waals surface area contributed by atoms with Crippen LogP contribution in [0.25, 0.3) is 0 Å². The van der Waals surface area contributed by atoms with Crippen molar-refractivity contribution in [1.82, 2.24) is 0 Å². The number of rotatable bonds is 4. The second-order valence-corrected chi connectivity index (χ2v) is 4.81. The minimum absolute atomic E-state index is 0.685. The van der Waals surface area contributed by atoms with Crippen LogP contribution in [0.4, 0.5) is 11.4 Å². The average molecular weight is 256 g/mol. The van der Waals surface area contributed by atoms with Gasteiger partial charge in [0.2, 0.25) is 0 Å². The molecule has 0 aromatic heterocycles. The summed E-state index contributed by atoms with van der Waals surface area (Å²) in [5.41, 5.74) is 10.3. The van der Waals surface area contributed by atoms with Gasteiger partial charge in [0.15, 0.2) is 0 Å². The van der Waals surface area contributed by atoms with Gasteiger partial charge in [-0.05, 0) is 41.8 Å². The highest BCUT2D eigenvalue weighted by Gasteiger charge is 2.02. The fourth-order valence-electron chi connectivity index (χ4n) is 2.04. The van der Waals surface area contributed by atoms with E-state index in [-0.39, 0.29) is 0 Å². The number of nitrogens with two attached hydrogens (primary N) is 1. The van der Waals surface area contributed by atoms with Gasteiger partial charge in [-0.3, -0.25) is 0 Å². The molecule has 0 aliphatic heterocycles. The Hall–Kier alpha value is -2.16. The third-order valence-electron chi connectivity index (χ3n) is 3.16. The van der Waals surface area contributed by atoms with Crippen molar-refractivity contribution in [3.63, 3.8) is 0 Å². The Kier molecular flexibility index (Phi) is 3.95. The van der Waals surface area contributed by atoms with Gasteiger partial charge in [0.1, 0.15) is 5.75 Å². The van der Waals surface area contributed by atoms with Crippen LogP contribution in [0, 0.1) is 0 Å². The van der Waals surface area contributed by atoms with E-state index in [4.69, 9.17) is 10.5 Å². The van der Waals surface area contributed by atoms with Crippen LogP contribution in [0.2, 0.25) is 0 Å². The van der Waals surface area contributed by atoms with Crippen LogP contribution in [0.5, 0.6) is 5.75 Å². The minimum atomic E-state index is 0.685. The molecule has 0 aliphatic rings. The van der Waals surface area contributed by atoms with Gasteiger partial charge >= 0.3 is 0 Å². The van der Waals surface area contributed by atoms with Crippen LogP contribution in [0.15, 0.2) is 42.5 Å². The lowest BCUT2D eigenvalue weighted by Gasteiger charge is -2.13. The molecule has 2 aromatic rings. The summed E-state index contributed by atoms with van der Waals surface area (Å²) in [6, 6.07) is 14.5. The summed E-state index contributed by atoms with van der Waals surface area (Å²) >= 11 is 0. The van der Waals surface area contributed by atoms with Crippen molar-refractivity contribution in [3.8, 4) is 5.75 Å². The third kappa shape index (κ3) is 3.19. The molecule has 2 aromatic carbocycles. The molecule has 0 atom stereocenters. The van der Waals surface area contributed by atoms with Crippen molar-refractivity contribution in [3.05, 3.63) is 53.6 Å². The van der Waals surface area contributed by atoms with E-state index in [1.165, 1.54) is 16.8 Å². The maximum atomic E-state index is 5.92. The molecule has 3 nitrogen and oxygen atoms in total. The van der Waals surface area contributed by atoms with E-state index in [1.807, 2.05) is 26.2 Å². The van der Waals surface area contributed by atoms with E-state index in [0.717, 1.165) is 12.2 Å². The smallest absolute Gasteiger partial charge is 0.141 e. The van der Waals surface area contributed by atoms with Crippen LogP contribution < -0.4 is 15.4 Å². The van der Waals surface area contributed by atoms with Gasteiger partial charge in [-0.1, -0.05) is 18.2 Å². The number of anilines is 2. The highest BCUT2D eigenvalue weighted by Crippen LogP contribution is 2.23. The van der Waals surface area contributed by atoms with Crippen molar-refractivity contribution >= 4 is 11.4 Å². The summed E-state index contributed by atoms with van der Waals surface area (Å²) < 4.78 is 5.16. The van der Waals surface area contributed by atoms with Crippen LogP contribution in [0.1, 0.15) is 11.1 Å². The number of hydrogen-bond donors (Lipinski definition) is 1. The van der Waals surface area contributed by atoms with Gasteiger partial charge < -0.3 is 15.4 Å². The number of methoxy groups -OCH3 is 1. The highest BCUT2D eigenvalue weighted by molar-refractivity contribution is 5.55. The molecule has 0 bridgehead atoms. The molecule has 2 rings (SSSR count). The van der Waals surface area contributed by atoms with Crippen molar-refractivity contribution < 1.29 is 4.74 Å². The third-order valence-corrected chi connectivity index (χ3v) is 3.16. The van der Waals surface area contributed by atoms with Crippen LogP contribution >= 0.6 is 0 Å². The zero-order chi connectivity index (χ0) is 13.8. The van der Waals surface area contributed by atoms with Gasteiger partial charge in [0, 0.05) is 19.8 Å². The van der Waals surface area contributed by atoms with E-state index < -0.39 is 0 Å². The lowest BCUT2D eigenvalue weighted by Crippen LogP contribution is -2.08. The molecule has 3 heteroatoms. The molecule has 0 fully saturated rings. The van der Waals surface area contributed by atoms with Crippen molar-refractivity contribution in [2.75, 3.05) is 31.8 Å². The molecule has 0 saturated heterocycles. The first-order valence-electron chi connectivity index (χ1n) is 6.29. The topological polar surface area (TPSA) is 38.5 Å². The maximum absolute atomic E-state index is 5.92. The standard InChI is InChI=1S/C16H20N2O/c1-18(2)14-7-4-12(5-8-14)10-13-6-9-16(19-3)15(17)11-13/h4-9,11H,10,17H2,1-3H3. The predicted octanol–water partition coefficient (Wildman–Crippen LogP) is 2.93. The fraction of sp³-hybridized carbons (Fsp3) is 0.250. The summed E-state index contributed by atoms with van der Waals surface area (Å²) in [6.07, 6.45) is 0.877. The molecule has 0 saturated carbocycles. The van der Waals surface area contributed by atoms with E-state index in [2.05, 4.69) is 35.2 Å². The lowest BCUT2D eigenvalue weighted by molar-refractivity contribution is 0.417. The van der Waals surface area contributed by atoms with Gasteiger partial charge in [-0.25, -0.2) is 0 Å². The zero-order valence-corrected chi connectivity index (χ0v) is 11.7. The molecular formula is C16H20N2O. The number of benzene rings is 2. The minimum Gasteiger partial charge on any atom is -0.495 e. The number of hydrogen-bond acceptors (Lipinski definition) is 3. The largest absolute Gasteiger partial charge is 0.495 e. The van der Waals surface area contributed by atoms with Gasteiger partial charge in [0.05, 0.1) is 12.8 Å². The van der Waals surface area contributed by atoms with Crippen LogP contribution in [-0.4, -0.2) is 21.2 Å².